The number of aliphatic imine (C=N–C) groups is 1. The van der Waals surface area contributed by atoms with Gasteiger partial charge in [-0.2, -0.15) is 0 Å². The Morgan fingerprint density at radius 1 is 1.13 bits per heavy atom. The lowest BCUT2D eigenvalue weighted by atomic mass is 9.57. The fourth-order valence-electron chi connectivity index (χ4n) is 7.18. The predicted octanol–water partition coefficient (Wildman–Crippen LogP) is 4.46. The number of aliphatic hydroxyl groups is 2. The number of nitrogens with zero attached hydrogens (tertiary/aromatic N) is 2. The van der Waals surface area contributed by atoms with Gasteiger partial charge >= 0.3 is 0 Å². The molecule has 0 bridgehead atoms. The molecular formula is C30H40N4O2S2. The molecule has 6 nitrogen and oxygen atoms in total. The van der Waals surface area contributed by atoms with Gasteiger partial charge in [0, 0.05) is 22.9 Å². The molecule has 2 fully saturated rings. The Morgan fingerprint density at radius 2 is 1.92 bits per heavy atom. The number of hydrogen-bond acceptors (Lipinski definition) is 8. The van der Waals surface area contributed by atoms with Crippen molar-refractivity contribution in [2.24, 2.45) is 28.5 Å². The minimum atomic E-state index is -0.837. The highest BCUT2D eigenvalue weighted by Gasteiger charge is 2.53. The van der Waals surface area contributed by atoms with E-state index >= 15 is 0 Å². The molecule has 2 aliphatic heterocycles. The first kappa shape index (κ1) is 26.7. The standard InChI is InChI=1S/C30H40N4O2S2/c1-19-15-21(9-10-22(19)29(31)17-28(2,35)18-29)24-25(20-7-5-3-4-6-8-20)38-26(34-24)23-16-33-27(37-23)30(36)11-13-32-14-12-30/h3-5,7,9-10,15-16,19-20,22,24-25,32,35-36H,6,8,11-14,17-18,31H2,1-2H3. The summed E-state index contributed by atoms with van der Waals surface area (Å²) >= 11 is 3.48. The van der Waals surface area contributed by atoms with Gasteiger partial charge in [-0.05, 0) is 75.9 Å². The van der Waals surface area contributed by atoms with Crippen LogP contribution in [-0.4, -0.2) is 55.8 Å². The van der Waals surface area contributed by atoms with Gasteiger partial charge in [0.1, 0.15) is 15.7 Å². The molecule has 3 heterocycles. The second-order valence-electron chi connectivity index (χ2n) is 12.3. The maximum Gasteiger partial charge on any atom is 0.125 e. The van der Waals surface area contributed by atoms with Gasteiger partial charge < -0.3 is 21.3 Å². The van der Waals surface area contributed by atoms with Crippen molar-refractivity contribution in [2.45, 2.75) is 80.4 Å². The molecule has 1 saturated carbocycles. The predicted molar refractivity (Wildman–Crippen MR) is 157 cm³/mol. The minimum Gasteiger partial charge on any atom is -0.390 e. The Hall–Kier alpha value is -1.55. The van der Waals surface area contributed by atoms with E-state index in [1.165, 1.54) is 5.57 Å². The van der Waals surface area contributed by atoms with Gasteiger partial charge in [-0.15, -0.1) is 11.3 Å². The molecule has 5 unspecified atom stereocenters. The van der Waals surface area contributed by atoms with Crippen LogP contribution in [0.3, 0.4) is 0 Å². The van der Waals surface area contributed by atoms with Gasteiger partial charge in [0.05, 0.1) is 16.5 Å². The molecule has 204 valence electrons. The molecule has 0 aromatic carbocycles. The van der Waals surface area contributed by atoms with E-state index in [0.717, 1.165) is 40.9 Å². The summed E-state index contributed by atoms with van der Waals surface area (Å²) in [6.07, 6.45) is 22.7. The summed E-state index contributed by atoms with van der Waals surface area (Å²) < 4.78 is 0. The van der Waals surface area contributed by atoms with Crippen LogP contribution >= 0.6 is 23.1 Å². The fraction of sp³-hybridized carbons (Fsp3) is 0.600. The maximum atomic E-state index is 11.2. The molecule has 6 rings (SSSR count). The van der Waals surface area contributed by atoms with Gasteiger partial charge in [-0.3, -0.25) is 4.99 Å². The van der Waals surface area contributed by atoms with E-state index in [1.807, 2.05) is 24.9 Å². The van der Waals surface area contributed by atoms with Crippen molar-refractivity contribution in [3.63, 3.8) is 0 Å². The van der Waals surface area contributed by atoms with Crippen LogP contribution in [0.5, 0.6) is 0 Å². The van der Waals surface area contributed by atoms with E-state index in [2.05, 4.69) is 59.8 Å². The van der Waals surface area contributed by atoms with E-state index in [9.17, 15) is 10.2 Å². The Balaban J connectivity index is 1.27. The van der Waals surface area contributed by atoms with E-state index < -0.39 is 11.2 Å². The molecule has 5 N–H and O–H groups in total. The molecule has 3 aliphatic carbocycles. The molecule has 1 saturated heterocycles. The number of hydrogen-bond donors (Lipinski definition) is 4. The summed E-state index contributed by atoms with van der Waals surface area (Å²) in [5.74, 6) is 0.933. The Kier molecular flexibility index (Phi) is 7.11. The van der Waals surface area contributed by atoms with Crippen molar-refractivity contribution in [3.05, 3.63) is 64.2 Å². The lowest BCUT2D eigenvalue weighted by Crippen LogP contribution is -2.65. The molecule has 38 heavy (non-hydrogen) atoms. The third kappa shape index (κ3) is 5.04. The number of thioether (sulfide) groups is 1. The molecule has 5 atom stereocenters. The molecule has 1 aromatic heterocycles. The van der Waals surface area contributed by atoms with E-state index in [1.54, 1.807) is 11.3 Å². The van der Waals surface area contributed by atoms with Crippen molar-refractivity contribution < 1.29 is 10.2 Å². The van der Waals surface area contributed by atoms with E-state index in [-0.39, 0.29) is 23.4 Å². The lowest BCUT2D eigenvalue weighted by molar-refractivity contribution is -0.0898. The van der Waals surface area contributed by atoms with Crippen LogP contribution < -0.4 is 11.1 Å². The average molecular weight is 553 g/mol. The normalized spacial score (nSPS) is 40.4. The smallest absolute Gasteiger partial charge is 0.125 e. The van der Waals surface area contributed by atoms with Crippen LogP contribution in [0, 0.1) is 17.8 Å². The number of piperidine rings is 1. The van der Waals surface area contributed by atoms with Crippen LogP contribution in [0.15, 0.2) is 59.3 Å². The van der Waals surface area contributed by atoms with Crippen LogP contribution in [-0.2, 0) is 5.60 Å². The van der Waals surface area contributed by atoms with Crippen LogP contribution in [0.2, 0.25) is 0 Å². The van der Waals surface area contributed by atoms with Crippen molar-refractivity contribution in [2.75, 3.05) is 13.1 Å². The Morgan fingerprint density at radius 3 is 2.66 bits per heavy atom. The van der Waals surface area contributed by atoms with Crippen LogP contribution in [0.4, 0.5) is 0 Å². The van der Waals surface area contributed by atoms with E-state index in [4.69, 9.17) is 10.7 Å². The van der Waals surface area contributed by atoms with Crippen LogP contribution in [0.1, 0.15) is 62.3 Å². The molecule has 8 heteroatoms. The van der Waals surface area contributed by atoms with Gasteiger partial charge in [0.25, 0.3) is 0 Å². The summed E-state index contributed by atoms with van der Waals surface area (Å²) in [4.78, 5) is 11.1. The zero-order valence-corrected chi connectivity index (χ0v) is 24.0. The average Bonchev–Trinajstić information content (AvgIpc) is 3.45. The molecule has 0 spiro atoms. The van der Waals surface area contributed by atoms with E-state index in [0.29, 0.717) is 36.9 Å². The Labute approximate surface area is 234 Å². The Bertz CT molecular complexity index is 1200. The van der Waals surface area contributed by atoms with Crippen molar-refractivity contribution in [1.82, 2.24) is 10.3 Å². The van der Waals surface area contributed by atoms with Gasteiger partial charge in [0.15, 0.2) is 0 Å². The number of allylic oxidation sites excluding steroid dienone is 5. The summed E-state index contributed by atoms with van der Waals surface area (Å²) in [7, 11) is 0. The zero-order chi connectivity index (χ0) is 26.5. The number of rotatable bonds is 5. The molecule has 0 radical (unpaired) electrons. The second-order valence-corrected chi connectivity index (χ2v) is 14.5. The first-order valence-electron chi connectivity index (χ1n) is 14.0. The highest BCUT2D eigenvalue weighted by molar-refractivity contribution is 8.15. The van der Waals surface area contributed by atoms with Crippen molar-refractivity contribution in [1.29, 1.82) is 0 Å². The summed E-state index contributed by atoms with van der Waals surface area (Å²) in [5.41, 5.74) is 6.20. The molecule has 0 amide bonds. The lowest BCUT2D eigenvalue weighted by Gasteiger charge is -2.54. The monoisotopic (exact) mass is 552 g/mol. The molecule has 1 aromatic rings. The number of nitrogens with two attached hydrogens (primary N) is 1. The third-order valence-corrected chi connectivity index (χ3v) is 11.8. The first-order chi connectivity index (χ1) is 18.2. The summed E-state index contributed by atoms with van der Waals surface area (Å²) in [5, 5.41) is 27.1. The number of thiazole rings is 1. The second kappa shape index (κ2) is 10.1. The summed E-state index contributed by atoms with van der Waals surface area (Å²) in [6.45, 7) is 5.77. The van der Waals surface area contributed by atoms with Gasteiger partial charge in [-0.1, -0.05) is 61.2 Å². The third-order valence-electron chi connectivity index (χ3n) is 9.00. The highest BCUT2D eigenvalue weighted by Crippen LogP contribution is 2.49. The van der Waals surface area contributed by atoms with Gasteiger partial charge in [0.2, 0.25) is 0 Å². The fourth-order valence-corrected chi connectivity index (χ4v) is 9.75. The first-order valence-corrected chi connectivity index (χ1v) is 15.7. The zero-order valence-electron chi connectivity index (χ0n) is 22.3. The maximum absolute atomic E-state index is 11.2. The molecule has 5 aliphatic rings. The van der Waals surface area contributed by atoms with Crippen molar-refractivity contribution in [3.8, 4) is 0 Å². The largest absolute Gasteiger partial charge is 0.390 e. The number of aromatic nitrogens is 1. The SMILES string of the molecule is CC1C=C(C2N=C(c3cnc(C4(O)CCNCC4)s3)SC2C2C=CC=CCC2)C=CC1C1(N)CC(C)(O)C1. The quantitative estimate of drug-likeness (QED) is 0.430. The number of nitrogens with one attached hydrogen (secondary N) is 1. The van der Waals surface area contributed by atoms with Gasteiger partial charge in [-0.25, -0.2) is 4.98 Å². The topological polar surface area (TPSA) is 104 Å². The molecular weight excluding hydrogens is 512 g/mol. The van der Waals surface area contributed by atoms with Crippen LogP contribution in [0.25, 0.3) is 0 Å². The van der Waals surface area contributed by atoms with Crippen molar-refractivity contribution >= 4 is 28.1 Å². The highest BCUT2D eigenvalue weighted by atomic mass is 32.2. The summed E-state index contributed by atoms with van der Waals surface area (Å²) in [6, 6.07) is 0.0631. The minimum absolute atomic E-state index is 0.0631.